The van der Waals surface area contributed by atoms with E-state index in [0.29, 0.717) is 6.04 Å². The number of nitrogens with two attached hydrogens (primary N) is 1. The molecule has 2 heterocycles. The van der Waals surface area contributed by atoms with Crippen molar-refractivity contribution in [3.05, 3.63) is 21.3 Å². The predicted molar refractivity (Wildman–Crippen MR) is 77.9 cm³/mol. The van der Waals surface area contributed by atoms with Crippen molar-refractivity contribution >= 4 is 22.9 Å². The van der Waals surface area contributed by atoms with Crippen LogP contribution in [0.3, 0.4) is 0 Å². The molecule has 18 heavy (non-hydrogen) atoms. The van der Waals surface area contributed by atoms with Crippen LogP contribution in [0.25, 0.3) is 0 Å². The lowest BCUT2D eigenvalue weighted by Gasteiger charge is -2.33. The summed E-state index contributed by atoms with van der Waals surface area (Å²) in [5.41, 5.74) is 2.96. The minimum atomic E-state index is 0.132. The number of halogens is 1. The van der Waals surface area contributed by atoms with E-state index in [9.17, 15) is 0 Å². The Morgan fingerprint density at radius 2 is 2.22 bits per heavy atom. The number of nitrogens with one attached hydrogen (secondary N) is 1. The van der Waals surface area contributed by atoms with E-state index in [2.05, 4.69) is 35.4 Å². The summed E-state index contributed by atoms with van der Waals surface area (Å²) in [5.74, 6) is 5.77. The second kappa shape index (κ2) is 6.32. The SMILES string of the molecule is CN1CCCN(C)C(C(NN)c2ccc(Cl)s2)C1. The summed E-state index contributed by atoms with van der Waals surface area (Å²) in [4.78, 5) is 5.96. The topological polar surface area (TPSA) is 44.5 Å². The van der Waals surface area contributed by atoms with Gasteiger partial charge in [-0.05, 0) is 45.7 Å². The third-order valence-corrected chi connectivity index (χ3v) is 4.89. The molecule has 0 amide bonds. The fourth-order valence-corrected chi connectivity index (χ4v) is 3.72. The van der Waals surface area contributed by atoms with Gasteiger partial charge in [-0.15, -0.1) is 11.3 Å². The number of likely N-dealkylation sites (N-methyl/N-ethyl adjacent to an activating group) is 2. The minimum absolute atomic E-state index is 0.132. The van der Waals surface area contributed by atoms with Crippen LogP contribution in [-0.4, -0.2) is 49.6 Å². The highest BCUT2D eigenvalue weighted by Crippen LogP contribution is 2.30. The molecule has 0 radical (unpaired) electrons. The van der Waals surface area contributed by atoms with Crippen LogP contribution in [0.5, 0.6) is 0 Å². The van der Waals surface area contributed by atoms with E-state index >= 15 is 0 Å². The summed E-state index contributed by atoms with van der Waals surface area (Å²) in [5, 5.41) is 0. The molecule has 2 unspecified atom stereocenters. The van der Waals surface area contributed by atoms with Gasteiger partial charge in [-0.1, -0.05) is 11.6 Å². The first-order valence-electron chi connectivity index (χ1n) is 6.22. The standard InChI is InChI=1S/C12H21ClN4S/c1-16-6-3-7-17(2)9(8-16)12(15-14)10-4-5-11(13)18-10/h4-5,9,12,15H,3,6-8,14H2,1-2H3. The van der Waals surface area contributed by atoms with Gasteiger partial charge in [0.2, 0.25) is 0 Å². The minimum Gasteiger partial charge on any atom is -0.305 e. The van der Waals surface area contributed by atoms with E-state index in [4.69, 9.17) is 17.4 Å². The first-order chi connectivity index (χ1) is 8.61. The largest absolute Gasteiger partial charge is 0.305 e. The lowest BCUT2D eigenvalue weighted by molar-refractivity contribution is 0.180. The van der Waals surface area contributed by atoms with Crippen molar-refractivity contribution in [1.82, 2.24) is 15.2 Å². The van der Waals surface area contributed by atoms with E-state index in [1.807, 2.05) is 6.07 Å². The fraction of sp³-hybridized carbons (Fsp3) is 0.667. The van der Waals surface area contributed by atoms with E-state index in [-0.39, 0.29) is 6.04 Å². The first kappa shape index (κ1) is 14.2. The molecule has 2 atom stereocenters. The van der Waals surface area contributed by atoms with Crippen LogP contribution in [0.4, 0.5) is 0 Å². The smallest absolute Gasteiger partial charge is 0.0931 e. The van der Waals surface area contributed by atoms with Crippen LogP contribution in [0, 0.1) is 0 Å². The van der Waals surface area contributed by atoms with Crippen LogP contribution in [-0.2, 0) is 0 Å². The molecule has 1 aromatic rings. The Hall–Kier alpha value is -0.170. The van der Waals surface area contributed by atoms with Crippen LogP contribution < -0.4 is 11.3 Å². The van der Waals surface area contributed by atoms with Crippen molar-refractivity contribution < 1.29 is 0 Å². The molecule has 6 heteroatoms. The van der Waals surface area contributed by atoms with E-state index in [1.54, 1.807) is 11.3 Å². The average molecular weight is 289 g/mol. The van der Waals surface area contributed by atoms with Crippen LogP contribution in [0.15, 0.2) is 12.1 Å². The Morgan fingerprint density at radius 1 is 1.44 bits per heavy atom. The molecule has 0 bridgehead atoms. The maximum atomic E-state index is 6.02. The summed E-state index contributed by atoms with van der Waals surface area (Å²) in [6.45, 7) is 3.26. The summed E-state index contributed by atoms with van der Waals surface area (Å²) in [6.07, 6.45) is 1.20. The zero-order valence-corrected chi connectivity index (χ0v) is 12.5. The van der Waals surface area contributed by atoms with Crippen LogP contribution in [0.2, 0.25) is 4.34 Å². The number of rotatable bonds is 3. The number of thiophene rings is 1. The Labute approximate surface area is 118 Å². The Balaban J connectivity index is 2.19. The van der Waals surface area contributed by atoms with Crippen molar-refractivity contribution in [2.75, 3.05) is 33.7 Å². The molecule has 1 saturated heterocycles. The van der Waals surface area contributed by atoms with Gasteiger partial charge in [0.05, 0.1) is 10.4 Å². The number of nitrogens with zero attached hydrogens (tertiary/aromatic N) is 2. The monoisotopic (exact) mass is 288 g/mol. The quantitative estimate of drug-likeness (QED) is 0.654. The molecule has 0 aromatic carbocycles. The predicted octanol–water partition coefficient (Wildman–Crippen LogP) is 1.54. The second-order valence-corrected chi connectivity index (χ2v) is 6.70. The number of hydrogen-bond acceptors (Lipinski definition) is 5. The van der Waals surface area contributed by atoms with Gasteiger partial charge < -0.3 is 9.80 Å². The lowest BCUT2D eigenvalue weighted by atomic mass is 10.1. The van der Waals surface area contributed by atoms with Gasteiger partial charge in [0, 0.05) is 17.5 Å². The van der Waals surface area contributed by atoms with Crippen LogP contribution in [0.1, 0.15) is 17.3 Å². The van der Waals surface area contributed by atoms with Gasteiger partial charge in [0.1, 0.15) is 0 Å². The molecule has 4 nitrogen and oxygen atoms in total. The molecule has 1 aliphatic heterocycles. The van der Waals surface area contributed by atoms with Gasteiger partial charge >= 0.3 is 0 Å². The van der Waals surface area contributed by atoms with Crippen molar-refractivity contribution in [2.24, 2.45) is 5.84 Å². The number of hydrazine groups is 1. The molecule has 0 spiro atoms. The maximum absolute atomic E-state index is 6.02. The molecule has 1 fully saturated rings. The molecule has 1 aromatic heterocycles. The molecule has 3 N–H and O–H groups in total. The van der Waals surface area contributed by atoms with Crippen molar-refractivity contribution in [3.63, 3.8) is 0 Å². The first-order valence-corrected chi connectivity index (χ1v) is 7.41. The highest BCUT2D eigenvalue weighted by Gasteiger charge is 2.29. The molecule has 102 valence electrons. The molecule has 0 aliphatic carbocycles. The van der Waals surface area contributed by atoms with Crippen molar-refractivity contribution in [1.29, 1.82) is 0 Å². The third kappa shape index (κ3) is 3.23. The summed E-state index contributed by atoms with van der Waals surface area (Å²) < 4.78 is 0.815. The van der Waals surface area contributed by atoms with Crippen molar-refractivity contribution in [2.45, 2.75) is 18.5 Å². The summed E-state index contributed by atoms with van der Waals surface area (Å²) >= 11 is 7.63. The molecule has 0 saturated carbocycles. The average Bonchev–Trinajstić information content (AvgIpc) is 2.67. The van der Waals surface area contributed by atoms with Gasteiger partial charge in [0.25, 0.3) is 0 Å². The second-order valence-electron chi connectivity index (χ2n) is 4.95. The molecule has 2 rings (SSSR count). The number of hydrogen-bond donors (Lipinski definition) is 2. The van der Waals surface area contributed by atoms with Crippen molar-refractivity contribution in [3.8, 4) is 0 Å². The zero-order valence-electron chi connectivity index (χ0n) is 10.9. The zero-order chi connectivity index (χ0) is 13.1. The van der Waals surface area contributed by atoms with Gasteiger partial charge in [-0.2, -0.15) is 0 Å². The van der Waals surface area contributed by atoms with E-state index < -0.39 is 0 Å². The summed E-state index contributed by atoms with van der Waals surface area (Å²) in [7, 11) is 4.34. The van der Waals surface area contributed by atoms with Gasteiger partial charge in [-0.3, -0.25) is 11.3 Å². The Kier molecular flexibility index (Phi) is 5.00. The van der Waals surface area contributed by atoms with Gasteiger partial charge in [0.15, 0.2) is 0 Å². The molecular weight excluding hydrogens is 268 g/mol. The lowest BCUT2D eigenvalue weighted by Crippen LogP contribution is -2.48. The third-order valence-electron chi connectivity index (χ3n) is 3.58. The Bertz CT molecular complexity index is 384. The highest BCUT2D eigenvalue weighted by atomic mass is 35.5. The fourth-order valence-electron chi connectivity index (χ4n) is 2.54. The maximum Gasteiger partial charge on any atom is 0.0931 e. The molecule has 1 aliphatic rings. The van der Waals surface area contributed by atoms with Gasteiger partial charge in [-0.25, -0.2) is 0 Å². The summed E-state index contributed by atoms with van der Waals surface area (Å²) in [6, 6.07) is 4.51. The highest BCUT2D eigenvalue weighted by molar-refractivity contribution is 7.16. The van der Waals surface area contributed by atoms with Crippen LogP contribution >= 0.6 is 22.9 Å². The normalized spacial score (nSPS) is 25.0. The Morgan fingerprint density at radius 3 is 2.83 bits per heavy atom. The molecular formula is C12H21ClN4S. The van der Waals surface area contributed by atoms with E-state index in [0.717, 1.165) is 24.0 Å². The van der Waals surface area contributed by atoms with E-state index in [1.165, 1.54) is 11.3 Å².